The van der Waals surface area contributed by atoms with E-state index in [4.69, 9.17) is 5.73 Å². The van der Waals surface area contributed by atoms with Crippen LogP contribution in [0.15, 0.2) is 65.8 Å². The van der Waals surface area contributed by atoms with Crippen molar-refractivity contribution in [1.82, 2.24) is 14.7 Å². The molecule has 0 radical (unpaired) electrons. The van der Waals surface area contributed by atoms with Gasteiger partial charge in [0.2, 0.25) is 0 Å². The van der Waals surface area contributed by atoms with Crippen molar-refractivity contribution >= 4 is 35.6 Å². The summed E-state index contributed by atoms with van der Waals surface area (Å²) in [4.78, 5) is 8.96. The van der Waals surface area contributed by atoms with Crippen molar-refractivity contribution in [1.29, 1.82) is 0 Å². The van der Waals surface area contributed by atoms with Crippen LogP contribution in [0.2, 0.25) is 0 Å². The number of aryl methyl sites for hydroxylation is 1. The molecule has 0 aliphatic carbocycles. The van der Waals surface area contributed by atoms with E-state index in [9.17, 15) is 4.39 Å². The Morgan fingerprint density at radius 1 is 1.03 bits per heavy atom. The Labute approximate surface area is 193 Å². The van der Waals surface area contributed by atoms with Gasteiger partial charge in [0.25, 0.3) is 0 Å². The molecular weight excluding hydrogens is 494 g/mol. The highest BCUT2D eigenvalue weighted by atomic mass is 127. The van der Waals surface area contributed by atoms with Crippen molar-refractivity contribution < 1.29 is 4.39 Å². The number of hydrogen-bond donors (Lipinski definition) is 1. The monoisotopic (exact) mass is 520 g/mol. The molecule has 30 heavy (non-hydrogen) atoms. The fourth-order valence-electron chi connectivity index (χ4n) is 3.60. The molecule has 2 aromatic carbocycles. The summed E-state index contributed by atoms with van der Waals surface area (Å²) >= 11 is 0. The number of anilines is 1. The molecule has 0 amide bonds. The van der Waals surface area contributed by atoms with Crippen molar-refractivity contribution in [3.8, 4) is 11.3 Å². The van der Waals surface area contributed by atoms with Crippen LogP contribution in [0.1, 0.15) is 5.56 Å². The lowest BCUT2D eigenvalue weighted by atomic mass is 10.1. The van der Waals surface area contributed by atoms with Crippen LogP contribution in [0.3, 0.4) is 0 Å². The third-order valence-corrected chi connectivity index (χ3v) is 5.16. The molecule has 0 saturated carbocycles. The molecule has 1 fully saturated rings. The molecule has 158 valence electrons. The van der Waals surface area contributed by atoms with E-state index in [0.29, 0.717) is 12.5 Å². The lowest BCUT2D eigenvalue weighted by Gasteiger charge is -2.36. The van der Waals surface area contributed by atoms with E-state index >= 15 is 0 Å². The molecule has 8 heteroatoms. The van der Waals surface area contributed by atoms with E-state index in [-0.39, 0.29) is 29.8 Å². The minimum Gasteiger partial charge on any atom is -0.370 e. The van der Waals surface area contributed by atoms with Gasteiger partial charge >= 0.3 is 0 Å². The van der Waals surface area contributed by atoms with Crippen molar-refractivity contribution in [2.75, 3.05) is 31.1 Å². The fourth-order valence-corrected chi connectivity index (χ4v) is 3.60. The van der Waals surface area contributed by atoms with Gasteiger partial charge in [-0.15, -0.1) is 24.0 Å². The Morgan fingerprint density at radius 3 is 2.37 bits per heavy atom. The van der Waals surface area contributed by atoms with Crippen LogP contribution in [-0.2, 0) is 13.6 Å². The molecule has 2 heterocycles. The summed E-state index contributed by atoms with van der Waals surface area (Å²) in [7, 11) is 1.91. The highest BCUT2D eigenvalue weighted by Gasteiger charge is 2.19. The van der Waals surface area contributed by atoms with Gasteiger partial charge in [-0.05, 0) is 24.3 Å². The summed E-state index contributed by atoms with van der Waals surface area (Å²) in [5, 5.41) is 4.58. The molecule has 0 atom stereocenters. The lowest BCUT2D eigenvalue weighted by Crippen LogP contribution is -2.51. The lowest BCUT2D eigenvalue weighted by molar-refractivity contribution is 0.380. The van der Waals surface area contributed by atoms with Crippen molar-refractivity contribution in [2.45, 2.75) is 6.54 Å². The van der Waals surface area contributed by atoms with Gasteiger partial charge in [0.15, 0.2) is 5.96 Å². The predicted molar refractivity (Wildman–Crippen MR) is 130 cm³/mol. The Bertz CT molecular complexity index is 979. The molecule has 1 aliphatic heterocycles. The summed E-state index contributed by atoms with van der Waals surface area (Å²) in [5.41, 5.74) is 10.4. The SMILES string of the molecule is Cn1cc(CN=C(N)N2CCN(c3ccc(F)cc3)CC2)c(-c2ccccc2)n1.I. The maximum absolute atomic E-state index is 13.1. The van der Waals surface area contributed by atoms with E-state index in [2.05, 4.69) is 19.9 Å². The first-order valence-electron chi connectivity index (χ1n) is 9.73. The van der Waals surface area contributed by atoms with Gasteiger partial charge in [0.05, 0.1) is 12.2 Å². The van der Waals surface area contributed by atoms with Crippen LogP contribution < -0.4 is 10.6 Å². The average Bonchev–Trinajstić information content (AvgIpc) is 3.14. The highest BCUT2D eigenvalue weighted by molar-refractivity contribution is 14.0. The molecule has 0 spiro atoms. The Morgan fingerprint density at radius 2 is 1.70 bits per heavy atom. The Hall–Kier alpha value is -2.62. The maximum atomic E-state index is 13.1. The van der Waals surface area contributed by atoms with Gasteiger partial charge in [-0.1, -0.05) is 30.3 Å². The minimum absolute atomic E-state index is 0. The molecule has 1 aliphatic rings. The van der Waals surface area contributed by atoms with Gasteiger partial charge in [-0.25, -0.2) is 9.38 Å². The van der Waals surface area contributed by atoms with Gasteiger partial charge in [0, 0.05) is 56.2 Å². The van der Waals surface area contributed by atoms with Gasteiger partial charge in [-0.2, -0.15) is 5.10 Å². The number of aliphatic imine (C=N–C) groups is 1. The molecular formula is C22H26FIN6. The number of nitrogens with two attached hydrogens (primary N) is 1. The number of piperazine rings is 1. The number of hydrogen-bond acceptors (Lipinski definition) is 3. The molecule has 2 N–H and O–H groups in total. The topological polar surface area (TPSA) is 62.7 Å². The van der Waals surface area contributed by atoms with Crippen molar-refractivity contribution in [2.24, 2.45) is 17.8 Å². The Balaban J connectivity index is 0.00000256. The van der Waals surface area contributed by atoms with Gasteiger partial charge < -0.3 is 15.5 Å². The largest absolute Gasteiger partial charge is 0.370 e. The number of benzene rings is 2. The van der Waals surface area contributed by atoms with Crippen LogP contribution in [0.5, 0.6) is 0 Å². The number of guanidine groups is 1. The second kappa shape index (κ2) is 9.92. The summed E-state index contributed by atoms with van der Waals surface area (Å²) < 4.78 is 14.9. The first-order chi connectivity index (χ1) is 14.1. The predicted octanol–water partition coefficient (Wildman–Crippen LogP) is 3.48. The minimum atomic E-state index is -0.214. The third kappa shape index (κ3) is 5.10. The molecule has 6 nitrogen and oxygen atoms in total. The van der Waals surface area contributed by atoms with Crippen molar-refractivity contribution in [3.05, 3.63) is 72.2 Å². The quantitative estimate of drug-likeness (QED) is 0.325. The molecule has 4 rings (SSSR count). The number of nitrogens with zero attached hydrogens (tertiary/aromatic N) is 5. The second-order valence-corrected chi connectivity index (χ2v) is 7.17. The van der Waals surface area contributed by atoms with E-state index in [1.165, 1.54) is 12.1 Å². The molecule has 3 aromatic rings. The summed E-state index contributed by atoms with van der Waals surface area (Å²) in [6, 6.07) is 16.7. The number of halogens is 2. The highest BCUT2D eigenvalue weighted by Crippen LogP contribution is 2.22. The zero-order valence-corrected chi connectivity index (χ0v) is 19.2. The third-order valence-electron chi connectivity index (χ3n) is 5.16. The van der Waals surface area contributed by atoms with Crippen LogP contribution in [-0.4, -0.2) is 46.8 Å². The smallest absolute Gasteiger partial charge is 0.191 e. The van der Waals surface area contributed by atoms with Gasteiger partial charge in [0.1, 0.15) is 5.82 Å². The van der Waals surface area contributed by atoms with Crippen LogP contribution in [0, 0.1) is 5.82 Å². The van der Waals surface area contributed by atoms with E-state index in [1.807, 2.05) is 60.4 Å². The first-order valence-corrected chi connectivity index (χ1v) is 9.73. The zero-order chi connectivity index (χ0) is 20.2. The average molecular weight is 520 g/mol. The van der Waals surface area contributed by atoms with Gasteiger partial charge in [-0.3, -0.25) is 4.68 Å². The summed E-state index contributed by atoms with van der Waals surface area (Å²) in [5.74, 6) is 0.334. The molecule has 0 bridgehead atoms. The number of rotatable bonds is 4. The normalized spacial score (nSPS) is 14.5. The van der Waals surface area contributed by atoms with E-state index in [0.717, 1.165) is 48.7 Å². The number of aromatic nitrogens is 2. The summed E-state index contributed by atoms with van der Waals surface area (Å²) in [6.45, 7) is 3.70. The van der Waals surface area contributed by atoms with Crippen molar-refractivity contribution in [3.63, 3.8) is 0 Å². The van der Waals surface area contributed by atoms with E-state index in [1.54, 1.807) is 0 Å². The van der Waals surface area contributed by atoms with Crippen LogP contribution in [0.25, 0.3) is 11.3 Å². The van der Waals surface area contributed by atoms with Crippen LogP contribution in [0.4, 0.5) is 10.1 Å². The van der Waals surface area contributed by atoms with Crippen LogP contribution >= 0.6 is 24.0 Å². The zero-order valence-electron chi connectivity index (χ0n) is 16.9. The molecule has 1 saturated heterocycles. The molecule has 1 aromatic heterocycles. The first kappa shape index (κ1) is 22.1. The fraction of sp³-hybridized carbons (Fsp3) is 0.273. The Kier molecular flexibility index (Phi) is 7.30. The second-order valence-electron chi connectivity index (χ2n) is 7.17. The summed E-state index contributed by atoms with van der Waals surface area (Å²) in [6.07, 6.45) is 1.99. The maximum Gasteiger partial charge on any atom is 0.191 e. The molecule has 0 unspecified atom stereocenters. The van der Waals surface area contributed by atoms with E-state index < -0.39 is 0 Å². The standard InChI is InChI=1S/C22H25FN6.HI/c1-27-16-18(21(26-27)17-5-3-2-4-6-17)15-25-22(24)29-13-11-28(12-14-29)20-9-7-19(23)8-10-20;/h2-10,16H,11-15H2,1H3,(H2,24,25);1H.